The first-order valence-electron chi connectivity index (χ1n) is 4.22. The first-order valence-corrected chi connectivity index (χ1v) is 5.73. The second-order valence-electron chi connectivity index (χ2n) is 3.61. The van der Waals surface area contributed by atoms with Crippen molar-refractivity contribution >= 4 is 10.2 Å². The van der Waals surface area contributed by atoms with Crippen molar-refractivity contribution in [3.05, 3.63) is 0 Å². The molecular weight excluding hydrogens is 176 g/mol. The smallest absolute Gasteiger partial charge is 0.216 e. The molecule has 0 saturated carbocycles. The third kappa shape index (κ3) is 1.97. The fraction of sp³-hybridized carbons (Fsp3) is 1.00. The van der Waals surface area contributed by atoms with E-state index in [-0.39, 0.29) is 6.04 Å². The summed E-state index contributed by atoms with van der Waals surface area (Å²) in [7, 11) is -3.46. The van der Waals surface area contributed by atoms with E-state index in [9.17, 15) is 8.42 Å². The van der Waals surface area contributed by atoms with Crippen molar-refractivity contribution in [2.45, 2.75) is 32.7 Å². The molecule has 5 heteroatoms. The van der Waals surface area contributed by atoms with Gasteiger partial charge >= 0.3 is 0 Å². The van der Waals surface area contributed by atoms with Crippen LogP contribution in [0.15, 0.2) is 0 Å². The maximum Gasteiger partial charge on any atom is 0.277 e. The second kappa shape index (κ2) is 3.32. The van der Waals surface area contributed by atoms with Gasteiger partial charge < -0.3 is 0 Å². The Morgan fingerprint density at radius 2 is 2.08 bits per heavy atom. The molecule has 1 aliphatic heterocycles. The zero-order chi connectivity index (χ0) is 9.35. The van der Waals surface area contributed by atoms with Crippen LogP contribution in [-0.4, -0.2) is 25.3 Å². The lowest BCUT2D eigenvalue weighted by Crippen LogP contribution is -2.42. The maximum absolute atomic E-state index is 11.1. The Morgan fingerprint density at radius 1 is 1.50 bits per heavy atom. The Kier molecular flexibility index (Phi) is 2.75. The van der Waals surface area contributed by atoms with Crippen LogP contribution in [0.3, 0.4) is 0 Å². The quantitative estimate of drug-likeness (QED) is 0.684. The normalized spacial score (nSPS) is 26.8. The van der Waals surface area contributed by atoms with Crippen molar-refractivity contribution in [3.63, 3.8) is 0 Å². The van der Waals surface area contributed by atoms with E-state index in [1.54, 1.807) is 0 Å². The largest absolute Gasteiger partial charge is 0.277 e. The second-order valence-corrected chi connectivity index (χ2v) is 5.11. The minimum atomic E-state index is -3.46. The predicted molar refractivity (Wildman–Crippen MR) is 47.7 cm³/mol. The molecule has 0 aromatic heterocycles. The van der Waals surface area contributed by atoms with Gasteiger partial charge in [0.2, 0.25) is 0 Å². The lowest BCUT2D eigenvalue weighted by molar-refractivity contribution is 0.316. The number of nitrogens with zero attached hydrogens (tertiary/aromatic N) is 1. The Hall–Kier alpha value is -0.130. The lowest BCUT2D eigenvalue weighted by Gasteiger charge is -2.24. The van der Waals surface area contributed by atoms with Gasteiger partial charge in [0.25, 0.3) is 10.2 Å². The van der Waals surface area contributed by atoms with E-state index in [2.05, 4.69) is 0 Å². The SMILES string of the molecule is CC(C)C1CCCN1S(N)(=O)=O. The number of hydrogen-bond acceptors (Lipinski definition) is 2. The highest BCUT2D eigenvalue weighted by Gasteiger charge is 2.33. The molecule has 72 valence electrons. The first-order chi connectivity index (χ1) is 5.43. The number of rotatable bonds is 2. The molecule has 1 heterocycles. The fourth-order valence-electron chi connectivity index (χ4n) is 1.75. The van der Waals surface area contributed by atoms with Crippen molar-refractivity contribution in [3.8, 4) is 0 Å². The zero-order valence-corrected chi connectivity index (χ0v) is 8.34. The Labute approximate surface area is 73.9 Å². The summed E-state index contributed by atoms with van der Waals surface area (Å²) in [6, 6.07) is 0.111. The zero-order valence-electron chi connectivity index (χ0n) is 7.53. The summed E-state index contributed by atoms with van der Waals surface area (Å²) in [6.07, 6.45) is 1.87. The molecule has 0 bridgehead atoms. The highest BCUT2D eigenvalue weighted by Crippen LogP contribution is 2.24. The average Bonchev–Trinajstić information content (AvgIpc) is 2.30. The third-order valence-corrected chi connectivity index (χ3v) is 3.45. The minimum Gasteiger partial charge on any atom is -0.216 e. The predicted octanol–water partition coefficient (Wildman–Crippen LogP) is 0.310. The summed E-state index contributed by atoms with van der Waals surface area (Å²) in [5.74, 6) is 0.353. The minimum absolute atomic E-state index is 0.111. The maximum atomic E-state index is 11.1. The van der Waals surface area contributed by atoms with Crippen molar-refractivity contribution < 1.29 is 8.42 Å². The van der Waals surface area contributed by atoms with E-state index in [4.69, 9.17) is 5.14 Å². The molecule has 1 unspecified atom stereocenters. The van der Waals surface area contributed by atoms with Crippen LogP contribution in [0.2, 0.25) is 0 Å². The molecular formula is C7H16N2O2S. The van der Waals surface area contributed by atoms with E-state index < -0.39 is 10.2 Å². The molecule has 1 atom stereocenters. The fourth-order valence-corrected chi connectivity index (χ4v) is 2.86. The summed E-state index contributed by atoms with van der Waals surface area (Å²) < 4.78 is 23.5. The number of nitrogens with two attached hydrogens (primary N) is 1. The van der Waals surface area contributed by atoms with Crippen LogP contribution in [0.25, 0.3) is 0 Å². The van der Waals surface area contributed by atoms with Gasteiger partial charge in [-0.25, -0.2) is 5.14 Å². The summed E-state index contributed by atoms with van der Waals surface area (Å²) in [6.45, 7) is 4.63. The van der Waals surface area contributed by atoms with Crippen molar-refractivity contribution in [1.29, 1.82) is 0 Å². The summed E-state index contributed by atoms with van der Waals surface area (Å²) in [5.41, 5.74) is 0. The molecule has 0 spiro atoms. The van der Waals surface area contributed by atoms with Gasteiger partial charge in [-0.2, -0.15) is 12.7 Å². The van der Waals surface area contributed by atoms with Crippen LogP contribution in [0, 0.1) is 5.92 Å². The molecule has 0 radical (unpaired) electrons. The van der Waals surface area contributed by atoms with Gasteiger partial charge in [0.15, 0.2) is 0 Å². The van der Waals surface area contributed by atoms with Gasteiger partial charge in [-0.3, -0.25) is 0 Å². The molecule has 1 rings (SSSR count). The highest BCUT2D eigenvalue weighted by atomic mass is 32.2. The monoisotopic (exact) mass is 192 g/mol. The topological polar surface area (TPSA) is 63.4 Å². The van der Waals surface area contributed by atoms with Gasteiger partial charge in [0.1, 0.15) is 0 Å². The molecule has 1 fully saturated rings. The lowest BCUT2D eigenvalue weighted by atomic mass is 10.0. The van der Waals surface area contributed by atoms with Crippen LogP contribution in [0.1, 0.15) is 26.7 Å². The van der Waals surface area contributed by atoms with Gasteiger partial charge in [0, 0.05) is 12.6 Å². The molecule has 1 saturated heterocycles. The van der Waals surface area contributed by atoms with E-state index in [1.807, 2.05) is 13.8 Å². The molecule has 0 amide bonds. The van der Waals surface area contributed by atoms with Gasteiger partial charge in [-0.05, 0) is 18.8 Å². The average molecular weight is 192 g/mol. The van der Waals surface area contributed by atoms with Crippen LogP contribution >= 0.6 is 0 Å². The van der Waals surface area contributed by atoms with Crippen LogP contribution in [-0.2, 0) is 10.2 Å². The van der Waals surface area contributed by atoms with E-state index >= 15 is 0 Å². The molecule has 4 nitrogen and oxygen atoms in total. The van der Waals surface area contributed by atoms with Gasteiger partial charge in [-0.15, -0.1) is 0 Å². The van der Waals surface area contributed by atoms with Crippen molar-refractivity contribution in [1.82, 2.24) is 4.31 Å². The third-order valence-electron chi connectivity index (χ3n) is 2.34. The van der Waals surface area contributed by atoms with Crippen molar-refractivity contribution in [2.75, 3.05) is 6.54 Å². The van der Waals surface area contributed by atoms with Crippen LogP contribution < -0.4 is 5.14 Å². The molecule has 2 N–H and O–H groups in total. The Bertz CT molecular complexity index is 248. The molecule has 0 aromatic rings. The summed E-state index contributed by atoms with van der Waals surface area (Å²) in [4.78, 5) is 0. The van der Waals surface area contributed by atoms with E-state index in [0.29, 0.717) is 12.5 Å². The summed E-state index contributed by atoms with van der Waals surface area (Å²) in [5, 5.41) is 5.07. The molecule has 0 aliphatic carbocycles. The molecule has 0 aromatic carbocycles. The Morgan fingerprint density at radius 3 is 2.42 bits per heavy atom. The van der Waals surface area contributed by atoms with E-state index in [1.165, 1.54) is 4.31 Å². The van der Waals surface area contributed by atoms with Gasteiger partial charge in [-0.1, -0.05) is 13.8 Å². The standard InChI is InChI=1S/C7H16N2O2S/c1-6(2)7-4-3-5-9(7)12(8,10)11/h6-7H,3-5H2,1-2H3,(H2,8,10,11). The van der Waals surface area contributed by atoms with Crippen molar-refractivity contribution in [2.24, 2.45) is 11.1 Å². The van der Waals surface area contributed by atoms with Gasteiger partial charge in [0.05, 0.1) is 0 Å². The van der Waals surface area contributed by atoms with Crippen LogP contribution in [0.4, 0.5) is 0 Å². The molecule has 1 aliphatic rings. The molecule has 12 heavy (non-hydrogen) atoms. The Balaban J connectivity index is 2.78. The van der Waals surface area contributed by atoms with Crippen LogP contribution in [0.5, 0.6) is 0 Å². The number of hydrogen-bond donors (Lipinski definition) is 1. The first kappa shape index (κ1) is 9.95. The summed E-state index contributed by atoms with van der Waals surface area (Å²) >= 11 is 0. The van der Waals surface area contributed by atoms with E-state index in [0.717, 1.165) is 12.8 Å². The highest BCUT2D eigenvalue weighted by molar-refractivity contribution is 7.86.